The summed E-state index contributed by atoms with van der Waals surface area (Å²) in [6, 6.07) is 8.29. The highest BCUT2D eigenvalue weighted by Crippen LogP contribution is 2.27. The minimum Gasteiger partial charge on any atom is -0.390 e. The predicted molar refractivity (Wildman–Crippen MR) is 107 cm³/mol. The molecule has 5 heteroatoms. The fraction of sp³-hybridized carbons (Fsp3) is 0.667. The Bertz CT molecular complexity index is 585. The van der Waals surface area contributed by atoms with Gasteiger partial charge in [0.25, 0.3) is 0 Å². The van der Waals surface area contributed by atoms with Crippen LogP contribution in [0.2, 0.25) is 5.02 Å². The molecule has 26 heavy (non-hydrogen) atoms. The second kappa shape index (κ2) is 9.72. The summed E-state index contributed by atoms with van der Waals surface area (Å²) < 4.78 is 0. The van der Waals surface area contributed by atoms with Gasteiger partial charge in [-0.05, 0) is 44.7 Å². The van der Waals surface area contributed by atoms with Crippen molar-refractivity contribution in [1.29, 1.82) is 0 Å². The third-order valence-electron chi connectivity index (χ3n) is 5.83. The topological polar surface area (TPSA) is 43.8 Å². The lowest BCUT2D eigenvalue weighted by molar-refractivity contribution is -0.131. The summed E-state index contributed by atoms with van der Waals surface area (Å²) in [6.07, 6.45) is 2.75. The highest BCUT2D eigenvalue weighted by molar-refractivity contribution is 6.31. The first kappa shape index (κ1) is 21.2. The van der Waals surface area contributed by atoms with Crippen LogP contribution in [0, 0.1) is 0 Å². The number of rotatable bonds is 9. The SMILES string of the molecule is CC[C@@H](C)N(C[C@@H](O)[C@H]1CCC(=O)N1Cc1ccccc1Cl)[C@H](C)CC. The summed E-state index contributed by atoms with van der Waals surface area (Å²) >= 11 is 6.27. The molecule has 0 bridgehead atoms. The van der Waals surface area contributed by atoms with Crippen molar-refractivity contribution in [2.45, 2.75) is 84.2 Å². The lowest BCUT2D eigenvalue weighted by Crippen LogP contribution is -2.50. The number of nitrogens with zero attached hydrogens (tertiary/aromatic N) is 2. The minimum absolute atomic E-state index is 0.104. The van der Waals surface area contributed by atoms with Gasteiger partial charge in [-0.15, -0.1) is 0 Å². The summed E-state index contributed by atoms with van der Waals surface area (Å²) in [7, 11) is 0. The van der Waals surface area contributed by atoms with E-state index in [-0.39, 0.29) is 11.9 Å². The van der Waals surface area contributed by atoms with E-state index in [0.29, 0.717) is 43.0 Å². The van der Waals surface area contributed by atoms with Gasteiger partial charge in [-0.25, -0.2) is 0 Å². The Labute approximate surface area is 163 Å². The lowest BCUT2D eigenvalue weighted by Gasteiger charge is -2.38. The molecule has 1 aliphatic heterocycles. The quantitative estimate of drug-likeness (QED) is 0.701. The van der Waals surface area contributed by atoms with Gasteiger partial charge in [0, 0.05) is 36.6 Å². The maximum atomic E-state index is 12.4. The average Bonchev–Trinajstić information content (AvgIpc) is 3.00. The molecule has 2 rings (SSSR count). The molecule has 0 unspecified atom stereocenters. The highest BCUT2D eigenvalue weighted by atomic mass is 35.5. The predicted octanol–water partition coefficient (Wildman–Crippen LogP) is 4.09. The molecule has 0 aromatic heterocycles. The molecule has 4 atom stereocenters. The van der Waals surface area contributed by atoms with Crippen LogP contribution < -0.4 is 0 Å². The van der Waals surface area contributed by atoms with Crippen molar-refractivity contribution in [1.82, 2.24) is 9.80 Å². The number of hydrogen-bond donors (Lipinski definition) is 1. The molecular formula is C21H33ClN2O2. The number of hydrogen-bond acceptors (Lipinski definition) is 3. The molecule has 1 saturated heterocycles. The number of carbonyl (C=O) groups excluding carboxylic acids is 1. The van der Waals surface area contributed by atoms with E-state index in [1.54, 1.807) is 0 Å². The summed E-state index contributed by atoms with van der Waals surface area (Å²) in [5.41, 5.74) is 0.933. The van der Waals surface area contributed by atoms with E-state index in [1.807, 2.05) is 29.2 Å². The summed E-state index contributed by atoms with van der Waals surface area (Å²) in [4.78, 5) is 16.6. The molecule has 146 valence electrons. The van der Waals surface area contributed by atoms with Crippen LogP contribution in [0.25, 0.3) is 0 Å². The fourth-order valence-corrected chi connectivity index (χ4v) is 3.97. The zero-order valence-electron chi connectivity index (χ0n) is 16.5. The Morgan fingerprint density at radius 1 is 1.23 bits per heavy atom. The minimum atomic E-state index is -0.549. The number of amides is 1. The van der Waals surface area contributed by atoms with Crippen LogP contribution >= 0.6 is 11.6 Å². The van der Waals surface area contributed by atoms with Crippen molar-refractivity contribution in [2.24, 2.45) is 0 Å². The second-order valence-corrected chi connectivity index (χ2v) is 7.90. The van der Waals surface area contributed by atoms with Crippen molar-refractivity contribution in [3.05, 3.63) is 34.9 Å². The van der Waals surface area contributed by atoms with E-state index in [2.05, 4.69) is 32.6 Å². The van der Waals surface area contributed by atoms with E-state index < -0.39 is 6.10 Å². The third kappa shape index (κ3) is 4.99. The Hall–Kier alpha value is -1.10. The van der Waals surface area contributed by atoms with Gasteiger partial charge in [0.1, 0.15) is 0 Å². The van der Waals surface area contributed by atoms with Gasteiger partial charge >= 0.3 is 0 Å². The van der Waals surface area contributed by atoms with Crippen molar-refractivity contribution in [2.75, 3.05) is 6.54 Å². The van der Waals surface area contributed by atoms with Crippen molar-refractivity contribution in [3.63, 3.8) is 0 Å². The molecule has 4 nitrogen and oxygen atoms in total. The van der Waals surface area contributed by atoms with E-state index in [9.17, 15) is 9.90 Å². The number of halogens is 1. The first-order valence-electron chi connectivity index (χ1n) is 9.85. The average molecular weight is 381 g/mol. The molecular weight excluding hydrogens is 348 g/mol. The molecule has 1 aromatic rings. The smallest absolute Gasteiger partial charge is 0.223 e. The monoisotopic (exact) mass is 380 g/mol. The summed E-state index contributed by atoms with van der Waals surface area (Å²) in [5, 5.41) is 11.6. The van der Waals surface area contributed by atoms with Crippen LogP contribution in [0.3, 0.4) is 0 Å². The van der Waals surface area contributed by atoms with Gasteiger partial charge in [0.2, 0.25) is 5.91 Å². The van der Waals surface area contributed by atoms with Gasteiger partial charge in [0.15, 0.2) is 0 Å². The Morgan fingerprint density at radius 3 is 2.42 bits per heavy atom. The number of carbonyl (C=O) groups is 1. The van der Waals surface area contributed by atoms with Gasteiger partial charge < -0.3 is 10.0 Å². The maximum Gasteiger partial charge on any atom is 0.223 e. The Kier molecular flexibility index (Phi) is 7.93. The van der Waals surface area contributed by atoms with Crippen LogP contribution in [-0.2, 0) is 11.3 Å². The number of benzene rings is 1. The number of aliphatic hydroxyl groups excluding tert-OH is 1. The van der Waals surface area contributed by atoms with E-state index in [1.165, 1.54) is 0 Å². The molecule has 0 aliphatic carbocycles. The van der Waals surface area contributed by atoms with Gasteiger partial charge in [-0.3, -0.25) is 9.69 Å². The van der Waals surface area contributed by atoms with Crippen molar-refractivity contribution >= 4 is 17.5 Å². The Balaban J connectivity index is 2.11. The zero-order valence-corrected chi connectivity index (χ0v) is 17.2. The van der Waals surface area contributed by atoms with Crippen LogP contribution in [-0.4, -0.2) is 51.6 Å². The zero-order chi connectivity index (χ0) is 19.3. The molecule has 1 aromatic carbocycles. The number of aliphatic hydroxyl groups is 1. The standard InChI is InChI=1S/C21H33ClN2O2/c1-5-15(3)23(16(4)6-2)14-20(25)19-11-12-21(26)24(19)13-17-9-7-8-10-18(17)22/h7-10,15-16,19-20,25H,5-6,11-14H2,1-4H3/t15-,16-,19-,20-/m1/s1. The molecule has 1 heterocycles. The molecule has 1 aliphatic rings. The third-order valence-corrected chi connectivity index (χ3v) is 6.20. The number of likely N-dealkylation sites (tertiary alicyclic amines) is 1. The first-order valence-corrected chi connectivity index (χ1v) is 10.2. The largest absolute Gasteiger partial charge is 0.390 e. The van der Waals surface area contributed by atoms with Gasteiger partial charge in [-0.2, -0.15) is 0 Å². The van der Waals surface area contributed by atoms with Crippen molar-refractivity contribution < 1.29 is 9.90 Å². The van der Waals surface area contributed by atoms with E-state index >= 15 is 0 Å². The highest BCUT2D eigenvalue weighted by Gasteiger charge is 2.37. The molecule has 1 fully saturated rings. The lowest BCUT2D eigenvalue weighted by atomic mass is 10.0. The molecule has 0 spiro atoms. The van der Waals surface area contributed by atoms with Crippen LogP contribution in [0.15, 0.2) is 24.3 Å². The normalized spacial score (nSPS) is 21.3. The maximum absolute atomic E-state index is 12.4. The van der Waals surface area contributed by atoms with Gasteiger partial charge in [-0.1, -0.05) is 43.6 Å². The van der Waals surface area contributed by atoms with E-state index in [4.69, 9.17) is 11.6 Å². The van der Waals surface area contributed by atoms with Crippen LogP contribution in [0.1, 0.15) is 58.9 Å². The fourth-order valence-electron chi connectivity index (χ4n) is 3.77. The molecule has 0 saturated carbocycles. The summed E-state index contributed by atoms with van der Waals surface area (Å²) in [5.74, 6) is 0.104. The molecule has 1 N–H and O–H groups in total. The second-order valence-electron chi connectivity index (χ2n) is 7.50. The van der Waals surface area contributed by atoms with Crippen molar-refractivity contribution in [3.8, 4) is 0 Å². The van der Waals surface area contributed by atoms with Gasteiger partial charge in [0.05, 0.1) is 12.1 Å². The molecule has 0 radical (unpaired) electrons. The van der Waals surface area contributed by atoms with Crippen LogP contribution in [0.4, 0.5) is 0 Å². The Morgan fingerprint density at radius 2 is 1.85 bits per heavy atom. The van der Waals surface area contributed by atoms with E-state index in [0.717, 1.165) is 18.4 Å². The van der Waals surface area contributed by atoms with Crippen LogP contribution in [0.5, 0.6) is 0 Å². The summed E-state index contributed by atoms with van der Waals surface area (Å²) in [6.45, 7) is 9.83. The molecule has 1 amide bonds. The first-order chi connectivity index (χ1) is 12.4.